The monoisotopic (exact) mass is 462 g/mol. The third-order valence-corrected chi connectivity index (χ3v) is 7.37. The van der Waals surface area contributed by atoms with Crippen LogP contribution in [0.1, 0.15) is 47.7 Å². The maximum atomic E-state index is 13.5. The molecule has 3 fully saturated rings. The maximum Gasteiger partial charge on any atom is 0.290 e. The summed E-state index contributed by atoms with van der Waals surface area (Å²) in [6.45, 7) is 2.96. The van der Waals surface area contributed by atoms with Crippen LogP contribution >= 0.6 is 0 Å². The van der Waals surface area contributed by atoms with Crippen LogP contribution in [0.15, 0.2) is 16.9 Å². The Morgan fingerprint density at radius 2 is 1.85 bits per heavy atom. The van der Waals surface area contributed by atoms with Crippen molar-refractivity contribution in [3.8, 4) is 0 Å². The maximum absolute atomic E-state index is 13.5. The van der Waals surface area contributed by atoms with Crippen LogP contribution in [0, 0.1) is 5.92 Å². The quantitative estimate of drug-likeness (QED) is 0.652. The third-order valence-electron chi connectivity index (χ3n) is 7.37. The lowest BCUT2D eigenvalue weighted by Crippen LogP contribution is -2.53. The highest BCUT2D eigenvalue weighted by Crippen LogP contribution is 2.36. The number of alkyl halides is 1. The Morgan fingerprint density at radius 3 is 2.48 bits per heavy atom. The molecule has 0 spiro atoms. The summed E-state index contributed by atoms with van der Waals surface area (Å²) >= 11 is 0. The number of carbonyl (C=O) groups excluding carboxylic acids is 2. The fourth-order valence-electron chi connectivity index (χ4n) is 5.79. The van der Waals surface area contributed by atoms with Gasteiger partial charge >= 0.3 is 0 Å². The van der Waals surface area contributed by atoms with E-state index in [1.165, 1.54) is 4.90 Å². The van der Waals surface area contributed by atoms with Gasteiger partial charge in [-0.25, -0.2) is 4.39 Å². The lowest BCUT2D eigenvalue weighted by molar-refractivity contribution is -0.138. The molecule has 180 valence electrons. The molecule has 3 saturated heterocycles. The fourth-order valence-corrected chi connectivity index (χ4v) is 5.79. The summed E-state index contributed by atoms with van der Waals surface area (Å²) in [7, 11) is 2.01. The van der Waals surface area contributed by atoms with Gasteiger partial charge in [0, 0.05) is 37.8 Å². The number of nitrogens with zero attached hydrogens (tertiary/aromatic N) is 4. The summed E-state index contributed by atoms with van der Waals surface area (Å²) in [5, 5.41) is 6.89. The number of likely N-dealkylation sites (tertiary alicyclic amines) is 3. The Bertz CT molecular complexity index is 982. The molecule has 4 atom stereocenters. The number of rotatable bonds is 2. The Labute approximate surface area is 191 Å². The summed E-state index contributed by atoms with van der Waals surface area (Å²) in [4.78, 5) is 52.9. The smallest absolute Gasteiger partial charge is 0.290 e. The molecule has 4 aliphatic heterocycles. The molecule has 0 aliphatic carbocycles. The summed E-state index contributed by atoms with van der Waals surface area (Å²) in [6, 6.07) is 3.45. The molecule has 2 bridgehead atoms. The van der Waals surface area contributed by atoms with Crippen LogP contribution in [-0.2, 0) is 16.1 Å². The molecule has 5 heterocycles. The van der Waals surface area contributed by atoms with Crippen LogP contribution in [-0.4, -0.2) is 94.6 Å². The number of pyridine rings is 1. The van der Waals surface area contributed by atoms with E-state index in [9.17, 15) is 18.8 Å². The molecular formula is C23H31FN4O5. The summed E-state index contributed by atoms with van der Waals surface area (Å²) in [5.74, 6) is 0.179. The SMILES string of the molecule is CN1CCC[C@H]1C(=O)N1C[C@@H]2C[C@H](C1)c1ccc(C(=O)N3CC[C@@H](F)C3)c(=O)n1C2.O=CO. The number of carboxylic acid groups (broad SMARTS) is 1. The van der Waals surface area contributed by atoms with E-state index in [0.29, 0.717) is 32.6 Å². The first-order chi connectivity index (χ1) is 15.8. The molecule has 0 unspecified atom stereocenters. The average Bonchev–Trinajstić information content (AvgIpc) is 3.42. The van der Waals surface area contributed by atoms with E-state index >= 15 is 0 Å². The number of amides is 2. The van der Waals surface area contributed by atoms with Gasteiger partial charge in [0.05, 0.1) is 12.6 Å². The average molecular weight is 463 g/mol. The first-order valence-electron chi connectivity index (χ1n) is 11.6. The summed E-state index contributed by atoms with van der Waals surface area (Å²) in [6.07, 6.45) is 2.27. The Kier molecular flexibility index (Phi) is 6.83. The molecule has 2 amide bonds. The van der Waals surface area contributed by atoms with Gasteiger partial charge in [-0.15, -0.1) is 0 Å². The van der Waals surface area contributed by atoms with Crippen molar-refractivity contribution >= 4 is 18.3 Å². The Hall–Kier alpha value is -2.75. The lowest BCUT2D eigenvalue weighted by Gasteiger charge is -2.44. The van der Waals surface area contributed by atoms with Crippen molar-refractivity contribution < 1.29 is 23.9 Å². The highest BCUT2D eigenvalue weighted by molar-refractivity contribution is 5.94. The van der Waals surface area contributed by atoms with Gasteiger partial charge < -0.3 is 19.5 Å². The van der Waals surface area contributed by atoms with Gasteiger partial charge in [0.15, 0.2) is 0 Å². The second-order valence-electron chi connectivity index (χ2n) is 9.51. The van der Waals surface area contributed by atoms with Crippen LogP contribution in [0.25, 0.3) is 0 Å². The first kappa shape index (κ1) is 23.4. The van der Waals surface area contributed by atoms with Crippen LogP contribution < -0.4 is 5.56 Å². The van der Waals surface area contributed by atoms with Gasteiger partial charge in [-0.2, -0.15) is 0 Å². The highest BCUT2D eigenvalue weighted by atomic mass is 19.1. The molecule has 33 heavy (non-hydrogen) atoms. The van der Waals surface area contributed by atoms with Crippen LogP contribution in [0.3, 0.4) is 0 Å². The number of piperidine rings is 1. The van der Waals surface area contributed by atoms with Crippen molar-refractivity contribution in [3.63, 3.8) is 0 Å². The first-order valence-corrected chi connectivity index (χ1v) is 11.6. The number of hydrogen-bond donors (Lipinski definition) is 1. The molecule has 1 N–H and O–H groups in total. The second-order valence-corrected chi connectivity index (χ2v) is 9.51. The minimum absolute atomic E-state index is 0.0224. The van der Waals surface area contributed by atoms with E-state index in [-0.39, 0.29) is 53.8 Å². The zero-order valence-corrected chi connectivity index (χ0v) is 18.9. The van der Waals surface area contributed by atoms with Gasteiger partial charge in [-0.1, -0.05) is 0 Å². The van der Waals surface area contributed by atoms with Crippen molar-refractivity contribution in [2.75, 3.05) is 39.8 Å². The van der Waals surface area contributed by atoms with Gasteiger partial charge in [-0.05, 0) is 57.3 Å². The van der Waals surface area contributed by atoms with Crippen molar-refractivity contribution in [2.24, 2.45) is 5.92 Å². The lowest BCUT2D eigenvalue weighted by atomic mass is 9.82. The van der Waals surface area contributed by atoms with E-state index in [1.807, 2.05) is 18.0 Å². The normalized spacial score (nSPS) is 28.7. The van der Waals surface area contributed by atoms with Gasteiger partial charge in [0.25, 0.3) is 17.9 Å². The van der Waals surface area contributed by atoms with E-state index in [4.69, 9.17) is 9.90 Å². The number of fused-ring (bicyclic) bond motifs is 4. The van der Waals surface area contributed by atoms with Crippen LogP contribution in [0.4, 0.5) is 4.39 Å². The third kappa shape index (κ3) is 4.53. The summed E-state index contributed by atoms with van der Waals surface area (Å²) < 4.78 is 15.2. The predicted molar refractivity (Wildman–Crippen MR) is 118 cm³/mol. The van der Waals surface area contributed by atoms with Crippen molar-refractivity contribution in [1.29, 1.82) is 0 Å². The Morgan fingerprint density at radius 1 is 1.09 bits per heavy atom. The molecule has 10 heteroatoms. The van der Waals surface area contributed by atoms with Gasteiger partial charge in [0.2, 0.25) is 5.91 Å². The molecule has 0 aromatic carbocycles. The van der Waals surface area contributed by atoms with E-state index < -0.39 is 6.17 Å². The van der Waals surface area contributed by atoms with Crippen molar-refractivity contribution in [2.45, 2.75) is 50.4 Å². The molecule has 1 aromatic rings. The molecule has 0 saturated carbocycles. The minimum atomic E-state index is -1.00. The Balaban J connectivity index is 0.000000821. The highest BCUT2D eigenvalue weighted by Gasteiger charge is 2.40. The number of hydrogen-bond acceptors (Lipinski definition) is 5. The number of likely N-dealkylation sites (N-methyl/N-ethyl adjacent to an activating group) is 1. The number of aromatic nitrogens is 1. The largest absolute Gasteiger partial charge is 0.483 e. The molecule has 0 radical (unpaired) electrons. The molecule has 5 rings (SSSR count). The van der Waals surface area contributed by atoms with E-state index in [0.717, 1.165) is 31.5 Å². The summed E-state index contributed by atoms with van der Waals surface area (Å²) in [5.41, 5.74) is 0.771. The van der Waals surface area contributed by atoms with Gasteiger partial charge in [0.1, 0.15) is 11.7 Å². The zero-order valence-electron chi connectivity index (χ0n) is 18.9. The second kappa shape index (κ2) is 9.62. The van der Waals surface area contributed by atoms with Crippen LogP contribution in [0.2, 0.25) is 0 Å². The van der Waals surface area contributed by atoms with Crippen molar-refractivity contribution in [3.05, 3.63) is 33.7 Å². The van der Waals surface area contributed by atoms with Gasteiger partial charge in [-0.3, -0.25) is 24.1 Å². The number of halogens is 1. The number of carbonyl (C=O) groups is 3. The van der Waals surface area contributed by atoms with E-state index in [1.54, 1.807) is 10.6 Å². The molecule has 1 aromatic heterocycles. The topological polar surface area (TPSA) is 103 Å². The molecule has 4 aliphatic rings. The van der Waals surface area contributed by atoms with Crippen molar-refractivity contribution in [1.82, 2.24) is 19.3 Å². The zero-order chi connectivity index (χ0) is 23.7. The molecular weight excluding hydrogens is 431 g/mol. The van der Waals surface area contributed by atoms with Crippen LogP contribution in [0.5, 0.6) is 0 Å². The minimum Gasteiger partial charge on any atom is -0.483 e. The fraction of sp³-hybridized carbons (Fsp3) is 0.652. The molecule has 9 nitrogen and oxygen atoms in total. The predicted octanol–water partition coefficient (Wildman–Crippen LogP) is 0.773. The van der Waals surface area contributed by atoms with E-state index in [2.05, 4.69) is 4.90 Å². The standard InChI is InChI=1S/C22H29FN4O3.CH2O2/c1-24-7-2-3-19(24)22(30)26-10-14-9-15(12-26)18-5-4-17(21(29)27(18)11-14)20(28)25-8-6-16(23)13-25;2-1-3/h4-5,14-16,19H,2-3,6-13H2,1H3;1H,(H,2,3)/t14-,15+,16+,19-;/m0./s1.